The fourth-order valence-corrected chi connectivity index (χ4v) is 4.80. The van der Waals surface area contributed by atoms with Gasteiger partial charge >= 0.3 is 0 Å². The summed E-state index contributed by atoms with van der Waals surface area (Å²) >= 11 is 0. The molecule has 0 bridgehead atoms. The third-order valence-electron chi connectivity index (χ3n) is 6.81. The third-order valence-corrected chi connectivity index (χ3v) is 6.81. The molecule has 5 heteroatoms. The number of pyridine rings is 2. The lowest BCUT2D eigenvalue weighted by atomic mass is 9.96. The predicted octanol–water partition coefficient (Wildman–Crippen LogP) is 7.88. The molecule has 0 N–H and O–H groups in total. The third kappa shape index (κ3) is 4.47. The molecule has 0 aliphatic carbocycles. The maximum absolute atomic E-state index is 4.91. The quantitative estimate of drug-likeness (QED) is 0.241. The minimum atomic E-state index is 0.842. The first-order valence-electron chi connectivity index (χ1n) is 12.8. The molecule has 3 aromatic heterocycles. The van der Waals surface area contributed by atoms with Crippen LogP contribution in [0.3, 0.4) is 0 Å². The molecule has 7 aromatic rings. The molecule has 0 aliphatic heterocycles. The maximum Gasteiger partial charge on any atom is 0.121 e. The number of hydrogen-bond acceptors (Lipinski definition) is 4. The Bertz CT molecular complexity index is 1860. The zero-order chi connectivity index (χ0) is 26.0. The van der Waals surface area contributed by atoms with Crippen molar-refractivity contribution in [1.29, 1.82) is 0 Å². The van der Waals surface area contributed by atoms with Gasteiger partial charge in [-0.1, -0.05) is 78.9 Å². The van der Waals surface area contributed by atoms with Crippen LogP contribution >= 0.6 is 0 Å². The van der Waals surface area contributed by atoms with E-state index < -0.39 is 0 Å². The highest BCUT2D eigenvalue weighted by Gasteiger charge is 2.15. The van der Waals surface area contributed by atoms with Gasteiger partial charge in [-0.15, -0.1) is 10.2 Å². The minimum Gasteiger partial charge on any atom is -0.256 e. The van der Waals surface area contributed by atoms with E-state index in [0.717, 1.165) is 61.5 Å². The van der Waals surface area contributed by atoms with Gasteiger partial charge in [0.25, 0.3) is 0 Å². The fraction of sp³-hybridized carbons (Fsp3) is 0. The van der Waals surface area contributed by atoms with E-state index in [1.165, 1.54) is 0 Å². The van der Waals surface area contributed by atoms with Crippen molar-refractivity contribution in [2.75, 3.05) is 0 Å². The van der Waals surface area contributed by atoms with Gasteiger partial charge in [0.05, 0.1) is 17.1 Å². The van der Waals surface area contributed by atoms with Gasteiger partial charge < -0.3 is 0 Å². The van der Waals surface area contributed by atoms with Gasteiger partial charge in [0.15, 0.2) is 0 Å². The van der Waals surface area contributed by atoms with Crippen LogP contribution in [0, 0.1) is 0 Å². The van der Waals surface area contributed by atoms with Gasteiger partial charge in [-0.2, -0.15) is 4.80 Å². The normalized spacial score (nSPS) is 11.1. The lowest BCUT2D eigenvalue weighted by Crippen LogP contribution is -1.97. The second kappa shape index (κ2) is 9.80. The van der Waals surface area contributed by atoms with Crippen LogP contribution in [0.15, 0.2) is 140 Å². The summed E-state index contributed by atoms with van der Waals surface area (Å²) in [6, 6.07) is 43.2. The van der Waals surface area contributed by atoms with Crippen LogP contribution in [0.5, 0.6) is 0 Å². The fourth-order valence-electron chi connectivity index (χ4n) is 4.80. The summed E-state index contributed by atoms with van der Waals surface area (Å²) in [5.41, 5.74) is 11.0. The molecule has 39 heavy (non-hydrogen) atoms. The SMILES string of the molecule is c1ccc(-n2nc3cc(-c4ccc(-c5ccccn5)cc4)cc(-c4ccc(-c5ccccn5)cc4)c3n2)cc1. The predicted molar refractivity (Wildman–Crippen MR) is 156 cm³/mol. The number of para-hydroxylation sites is 1. The number of fused-ring (bicyclic) bond motifs is 1. The highest BCUT2D eigenvalue weighted by atomic mass is 15.5. The van der Waals surface area contributed by atoms with Crippen LogP contribution < -0.4 is 0 Å². The smallest absolute Gasteiger partial charge is 0.121 e. The van der Waals surface area contributed by atoms with Gasteiger partial charge in [-0.3, -0.25) is 9.97 Å². The molecule has 5 nitrogen and oxygen atoms in total. The van der Waals surface area contributed by atoms with E-state index in [4.69, 9.17) is 10.2 Å². The Balaban J connectivity index is 1.35. The number of aromatic nitrogens is 5. The summed E-state index contributed by atoms with van der Waals surface area (Å²) in [5.74, 6) is 0. The molecule has 0 unspecified atom stereocenters. The Labute approximate surface area is 226 Å². The first-order valence-corrected chi connectivity index (χ1v) is 12.8. The van der Waals surface area contributed by atoms with Gasteiger partial charge in [0.2, 0.25) is 0 Å². The van der Waals surface area contributed by atoms with Crippen LogP contribution in [0.2, 0.25) is 0 Å². The lowest BCUT2D eigenvalue weighted by molar-refractivity contribution is 0.766. The van der Waals surface area contributed by atoms with Gasteiger partial charge in [0, 0.05) is 29.1 Å². The highest BCUT2D eigenvalue weighted by Crippen LogP contribution is 2.34. The summed E-state index contributed by atoms with van der Waals surface area (Å²) in [7, 11) is 0. The van der Waals surface area contributed by atoms with Gasteiger partial charge in [0.1, 0.15) is 11.0 Å². The highest BCUT2D eigenvalue weighted by molar-refractivity contribution is 5.96. The topological polar surface area (TPSA) is 56.5 Å². The van der Waals surface area contributed by atoms with E-state index in [-0.39, 0.29) is 0 Å². The summed E-state index contributed by atoms with van der Waals surface area (Å²) in [5, 5.41) is 9.78. The molecule has 0 fully saturated rings. The van der Waals surface area contributed by atoms with Crippen molar-refractivity contribution in [1.82, 2.24) is 25.0 Å². The minimum absolute atomic E-state index is 0.842. The number of nitrogens with zero attached hydrogens (tertiary/aromatic N) is 5. The van der Waals surface area contributed by atoms with Crippen molar-refractivity contribution in [2.45, 2.75) is 0 Å². The van der Waals surface area contributed by atoms with Crippen molar-refractivity contribution >= 4 is 11.0 Å². The Morgan fingerprint density at radius 2 is 1.00 bits per heavy atom. The number of rotatable bonds is 5. The van der Waals surface area contributed by atoms with Crippen molar-refractivity contribution in [3.8, 4) is 50.5 Å². The monoisotopic (exact) mass is 501 g/mol. The van der Waals surface area contributed by atoms with Crippen LogP contribution in [0.4, 0.5) is 0 Å². The zero-order valence-electron chi connectivity index (χ0n) is 21.0. The number of benzene rings is 4. The van der Waals surface area contributed by atoms with Crippen molar-refractivity contribution in [2.24, 2.45) is 0 Å². The Kier molecular flexibility index (Phi) is 5.72. The second-order valence-corrected chi connectivity index (χ2v) is 9.30. The van der Waals surface area contributed by atoms with Crippen LogP contribution in [0.1, 0.15) is 0 Å². The Morgan fingerprint density at radius 3 is 1.59 bits per heavy atom. The lowest BCUT2D eigenvalue weighted by Gasteiger charge is -2.09. The molecule has 0 amide bonds. The molecule has 3 heterocycles. The van der Waals surface area contributed by atoms with Crippen LogP contribution in [0.25, 0.3) is 61.5 Å². The summed E-state index contributed by atoms with van der Waals surface area (Å²) < 4.78 is 0. The molecule has 0 spiro atoms. The largest absolute Gasteiger partial charge is 0.256 e. The average Bonchev–Trinajstić information content (AvgIpc) is 3.47. The molecule has 7 rings (SSSR count). The first-order chi connectivity index (χ1) is 19.3. The average molecular weight is 502 g/mol. The molecule has 184 valence electrons. The van der Waals surface area contributed by atoms with E-state index in [1.807, 2.05) is 79.1 Å². The van der Waals surface area contributed by atoms with E-state index >= 15 is 0 Å². The Hall–Kier alpha value is -5.42. The van der Waals surface area contributed by atoms with Crippen LogP contribution in [-0.2, 0) is 0 Å². The summed E-state index contributed by atoms with van der Waals surface area (Å²) in [6.45, 7) is 0. The first kappa shape index (κ1) is 22.8. The molecule has 4 aromatic carbocycles. The second-order valence-electron chi connectivity index (χ2n) is 9.30. The molecule has 0 radical (unpaired) electrons. The van der Waals surface area contributed by atoms with E-state index in [9.17, 15) is 0 Å². The van der Waals surface area contributed by atoms with Gasteiger partial charge in [-0.25, -0.2) is 0 Å². The number of hydrogen-bond donors (Lipinski definition) is 0. The molecule has 0 aliphatic rings. The molecular weight excluding hydrogens is 478 g/mol. The van der Waals surface area contributed by atoms with Crippen molar-refractivity contribution < 1.29 is 0 Å². The summed E-state index contributed by atoms with van der Waals surface area (Å²) in [4.78, 5) is 10.7. The van der Waals surface area contributed by atoms with Crippen molar-refractivity contribution in [3.63, 3.8) is 0 Å². The maximum atomic E-state index is 4.91. The van der Waals surface area contributed by atoms with Crippen molar-refractivity contribution in [3.05, 3.63) is 140 Å². The van der Waals surface area contributed by atoms with Crippen LogP contribution in [-0.4, -0.2) is 25.0 Å². The Morgan fingerprint density at radius 1 is 0.436 bits per heavy atom. The van der Waals surface area contributed by atoms with Gasteiger partial charge in [-0.05, 0) is 65.2 Å². The van der Waals surface area contributed by atoms with E-state index in [1.54, 1.807) is 4.80 Å². The molecule has 0 atom stereocenters. The van der Waals surface area contributed by atoms with E-state index in [2.05, 4.69) is 70.6 Å². The molecule has 0 saturated heterocycles. The standard InChI is InChI=1S/C34H23N5/c1-2-8-29(9-3-1)39-37-33-23-28(24-12-16-26(17-13-24)31-10-4-6-20-35-31)22-30(34(33)38-39)25-14-18-27(19-15-25)32-11-5-7-21-36-32/h1-23H. The van der Waals surface area contributed by atoms with E-state index in [0.29, 0.717) is 0 Å². The molecular formula is C34H23N5. The summed E-state index contributed by atoms with van der Waals surface area (Å²) in [6.07, 6.45) is 3.63. The zero-order valence-corrected chi connectivity index (χ0v) is 21.0. The molecule has 0 saturated carbocycles.